The topological polar surface area (TPSA) is 65.1 Å². The molecule has 1 amide bonds. The van der Waals surface area contributed by atoms with Crippen molar-refractivity contribution in [3.05, 3.63) is 57.8 Å². The molecule has 4 rings (SSSR count). The third-order valence-electron chi connectivity index (χ3n) is 6.20. The Kier molecular flexibility index (Phi) is 6.15. The van der Waals surface area contributed by atoms with Crippen LogP contribution in [0, 0.1) is 6.92 Å². The predicted octanol–water partition coefficient (Wildman–Crippen LogP) is 5.20. The number of anilines is 1. The van der Waals surface area contributed by atoms with Gasteiger partial charge in [0.2, 0.25) is 5.91 Å². The van der Waals surface area contributed by atoms with Gasteiger partial charge in [0.15, 0.2) is 17.3 Å². The summed E-state index contributed by atoms with van der Waals surface area (Å²) in [6, 6.07) is 9.09. The average Bonchev–Trinajstić information content (AvgIpc) is 2.79. The van der Waals surface area contributed by atoms with Crippen molar-refractivity contribution in [2.75, 3.05) is 26.2 Å². The lowest BCUT2D eigenvalue weighted by Gasteiger charge is -2.38. The highest BCUT2D eigenvalue weighted by molar-refractivity contribution is 6.31. The van der Waals surface area contributed by atoms with Crippen LogP contribution in [0.5, 0.6) is 17.2 Å². The van der Waals surface area contributed by atoms with Crippen LogP contribution in [0.4, 0.5) is 5.69 Å². The van der Waals surface area contributed by atoms with Gasteiger partial charge in [-0.15, -0.1) is 0 Å². The number of carbonyl (C=O) groups is 2. The fourth-order valence-electron chi connectivity index (χ4n) is 4.60. The summed E-state index contributed by atoms with van der Waals surface area (Å²) in [6.07, 6.45) is 1.95. The van der Waals surface area contributed by atoms with Crippen molar-refractivity contribution in [3.63, 3.8) is 0 Å². The number of rotatable bonds is 5. The van der Waals surface area contributed by atoms with Crippen LogP contribution >= 0.6 is 11.6 Å². The molecule has 7 heteroatoms. The first kappa shape index (κ1) is 22.2. The highest BCUT2D eigenvalue weighted by Crippen LogP contribution is 2.48. The van der Waals surface area contributed by atoms with E-state index in [-0.39, 0.29) is 18.1 Å². The number of methoxy groups -OCH3 is 3. The fourth-order valence-corrected chi connectivity index (χ4v) is 4.78. The maximum absolute atomic E-state index is 13.5. The summed E-state index contributed by atoms with van der Waals surface area (Å²) in [5.74, 6) is 1.16. The van der Waals surface area contributed by atoms with E-state index >= 15 is 0 Å². The Morgan fingerprint density at radius 2 is 1.62 bits per heavy atom. The number of nitrogens with zero attached hydrogens (tertiary/aromatic N) is 1. The van der Waals surface area contributed by atoms with Crippen LogP contribution in [0.25, 0.3) is 0 Å². The van der Waals surface area contributed by atoms with Gasteiger partial charge in [-0.1, -0.05) is 17.7 Å². The molecule has 0 radical (unpaired) electrons. The average molecular weight is 456 g/mol. The zero-order valence-corrected chi connectivity index (χ0v) is 19.4. The molecule has 1 heterocycles. The SMILES string of the molecule is COc1cc(OC)c([C@H]2CC(=O)N(c3ccc(C)c(Cl)c3)C3=C2C(=O)CCC3)cc1OC. The predicted molar refractivity (Wildman–Crippen MR) is 123 cm³/mol. The summed E-state index contributed by atoms with van der Waals surface area (Å²) in [6.45, 7) is 1.92. The van der Waals surface area contributed by atoms with Gasteiger partial charge in [0, 0.05) is 46.7 Å². The minimum atomic E-state index is -0.419. The van der Waals surface area contributed by atoms with Crippen molar-refractivity contribution in [1.82, 2.24) is 0 Å². The Labute approximate surface area is 192 Å². The molecular weight excluding hydrogens is 430 g/mol. The number of hydrogen-bond donors (Lipinski definition) is 0. The molecule has 1 aliphatic heterocycles. The molecule has 1 atom stereocenters. The Bertz CT molecular complexity index is 1120. The molecule has 0 aromatic heterocycles. The summed E-state index contributed by atoms with van der Waals surface area (Å²) < 4.78 is 16.5. The molecule has 0 saturated heterocycles. The van der Waals surface area contributed by atoms with E-state index in [1.165, 1.54) is 0 Å². The summed E-state index contributed by atoms with van der Waals surface area (Å²) in [5, 5.41) is 0.586. The smallest absolute Gasteiger partial charge is 0.232 e. The second kappa shape index (κ2) is 8.87. The van der Waals surface area contributed by atoms with E-state index in [9.17, 15) is 9.59 Å². The number of aryl methyl sites for hydroxylation is 1. The van der Waals surface area contributed by atoms with Crippen LogP contribution in [0.15, 0.2) is 41.6 Å². The molecule has 0 fully saturated rings. The van der Waals surface area contributed by atoms with Gasteiger partial charge in [-0.3, -0.25) is 14.5 Å². The standard InChI is InChI=1S/C25H26ClNO5/c1-14-8-9-15(10-18(14)26)27-19-6-5-7-20(28)25(19)17(12-24(27)29)16-11-22(31-3)23(32-4)13-21(16)30-2/h8-11,13,17H,5-7,12H2,1-4H3/t17-/m1/s1. The van der Waals surface area contributed by atoms with Gasteiger partial charge >= 0.3 is 0 Å². The molecule has 2 aliphatic rings. The lowest BCUT2D eigenvalue weighted by atomic mass is 9.76. The molecule has 0 bridgehead atoms. The fraction of sp³-hybridized carbons (Fsp3) is 0.360. The van der Waals surface area contributed by atoms with Crippen molar-refractivity contribution in [2.45, 2.75) is 38.5 Å². The normalized spacial score (nSPS) is 18.5. The van der Waals surface area contributed by atoms with Crippen molar-refractivity contribution in [1.29, 1.82) is 0 Å². The first-order valence-electron chi connectivity index (χ1n) is 10.5. The van der Waals surface area contributed by atoms with Crippen molar-refractivity contribution < 1.29 is 23.8 Å². The van der Waals surface area contributed by atoms with Crippen LogP contribution in [-0.4, -0.2) is 33.0 Å². The maximum Gasteiger partial charge on any atom is 0.232 e. The van der Waals surface area contributed by atoms with E-state index in [1.807, 2.05) is 19.1 Å². The molecule has 1 aliphatic carbocycles. The van der Waals surface area contributed by atoms with Gasteiger partial charge in [0.05, 0.1) is 27.0 Å². The second-order valence-corrected chi connectivity index (χ2v) is 8.41. The van der Waals surface area contributed by atoms with Gasteiger partial charge in [0.25, 0.3) is 0 Å². The minimum absolute atomic E-state index is 0.0591. The molecule has 2 aromatic rings. The minimum Gasteiger partial charge on any atom is -0.496 e. The Balaban J connectivity index is 1.90. The summed E-state index contributed by atoms with van der Waals surface area (Å²) in [5.41, 5.74) is 3.77. The number of amides is 1. The zero-order valence-electron chi connectivity index (χ0n) is 18.7. The molecule has 168 valence electrons. The molecule has 0 saturated carbocycles. The number of hydrogen-bond acceptors (Lipinski definition) is 5. The Hall–Kier alpha value is -2.99. The van der Waals surface area contributed by atoms with E-state index < -0.39 is 5.92 Å². The summed E-state index contributed by atoms with van der Waals surface area (Å²) >= 11 is 6.35. The van der Waals surface area contributed by atoms with E-state index in [0.717, 1.165) is 16.8 Å². The van der Waals surface area contributed by atoms with Crippen LogP contribution in [0.1, 0.15) is 42.7 Å². The van der Waals surface area contributed by atoms with Gasteiger partial charge in [-0.2, -0.15) is 0 Å². The number of ether oxygens (including phenoxy) is 3. The molecular formula is C25H26ClNO5. The third-order valence-corrected chi connectivity index (χ3v) is 6.61. The molecule has 32 heavy (non-hydrogen) atoms. The number of ketones is 1. The first-order valence-corrected chi connectivity index (χ1v) is 10.9. The highest BCUT2D eigenvalue weighted by Gasteiger charge is 2.41. The molecule has 2 aromatic carbocycles. The van der Waals surface area contributed by atoms with Crippen LogP contribution in [0.2, 0.25) is 5.02 Å². The molecule has 0 spiro atoms. The second-order valence-electron chi connectivity index (χ2n) is 8.01. The van der Waals surface area contributed by atoms with E-state index in [1.54, 1.807) is 44.4 Å². The Morgan fingerprint density at radius 3 is 2.28 bits per heavy atom. The van der Waals surface area contributed by atoms with Crippen molar-refractivity contribution >= 4 is 29.0 Å². The Morgan fingerprint density at radius 1 is 0.938 bits per heavy atom. The van der Waals surface area contributed by atoms with E-state index in [2.05, 4.69) is 0 Å². The van der Waals surface area contributed by atoms with Crippen molar-refractivity contribution in [3.8, 4) is 17.2 Å². The quantitative estimate of drug-likeness (QED) is 0.619. The number of carbonyl (C=O) groups excluding carboxylic acids is 2. The lowest BCUT2D eigenvalue weighted by Crippen LogP contribution is -2.40. The first-order chi connectivity index (χ1) is 15.4. The number of allylic oxidation sites excluding steroid dienone is 2. The van der Waals surface area contributed by atoms with Crippen molar-refractivity contribution in [2.24, 2.45) is 0 Å². The van der Waals surface area contributed by atoms with Gasteiger partial charge < -0.3 is 14.2 Å². The number of Topliss-reactive ketones (excluding diaryl/α,β-unsaturated/α-hetero) is 1. The van der Waals surface area contributed by atoms with Gasteiger partial charge in [0.1, 0.15) is 5.75 Å². The summed E-state index contributed by atoms with van der Waals surface area (Å²) in [4.78, 5) is 28.3. The largest absolute Gasteiger partial charge is 0.496 e. The molecule has 0 unspecified atom stereocenters. The number of halogens is 1. The highest BCUT2D eigenvalue weighted by atomic mass is 35.5. The molecule has 6 nitrogen and oxygen atoms in total. The van der Waals surface area contributed by atoms with Crippen LogP contribution in [0.3, 0.4) is 0 Å². The zero-order chi connectivity index (χ0) is 23.0. The van der Waals surface area contributed by atoms with Crippen LogP contribution < -0.4 is 19.1 Å². The number of benzene rings is 2. The van der Waals surface area contributed by atoms with Gasteiger partial charge in [-0.25, -0.2) is 0 Å². The van der Waals surface area contributed by atoms with E-state index in [0.29, 0.717) is 52.8 Å². The maximum atomic E-state index is 13.5. The third kappa shape index (κ3) is 3.73. The van der Waals surface area contributed by atoms with Gasteiger partial charge in [-0.05, 0) is 43.5 Å². The summed E-state index contributed by atoms with van der Waals surface area (Å²) in [7, 11) is 4.67. The molecule has 0 N–H and O–H groups in total. The van der Waals surface area contributed by atoms with E-state index in [4.69, 9.17) is 25.8 Å². The van der Waals surface area contributed by atoms with Crippen LogP contribution in [-0.2, 0) is 9.59 Å². The monoisotopic (exact) mass is 455 g/mol. The lowest BCUT2D eigenvalue weighted by molar-refractivity contribution is -0.119.